The third kappa shape index (κ3) is 1.41. The third-order valence-corrected chi connectivity index (χ3v) is 3.66. The number of rotatable bonds is 1. The predicted molar refractivity (Wildman–Crippen MR) is 63.6 cm³/mol. The Bertz CT molecular complexity index is 489. The first-order valence-electron chi connectivity index (χ1n) is 4.32. The maximum atomic E-state index is 11.1. The molecule has 2 aliphatic rings. The number of hydrogen-bond acceptors (Lipinski definition) is 2. The minimum Gasteiger partial charge on any atom is -0.366 e. The maximum Gasteiger partial charge on any atom is 0.249 e. The van der Waals surface area contributed by atoms with E-state index >= 15 is 0 Å². The SMILES string of the molecule is Cl.NC(=O)C1=CSC2C1=Cc1ccc2[nH]1. The van der Waals surface area contributed by atoms with Gasteiger partial charge in [-0.1, -0.05) is 0 Å². The molecule has 3 N–H and O–H groups in total. The van der Waals surface area contributed by atoms with Gasteiger partial charge in [-0.05, 0) is 29.2 Å². The highest BCUT2D eigenvalue weighted by atomic mass is 35.5. The molecule has 3 nitrogen and oxygen atoms in total. The molecule has 1 amide bonds. The molecule has 0 aliphatic carbocycles. The van der Waals surface area contributed by atoms with Crippen LogP contribution >= 0.6 is 24.2 Å². The van der Waals surface area contributed by atoms with Gasteiger partial charge in [-0.3, -0.25) is 4.79 Å². The second-order valence-corrected chi connectivity index (χ2v) is 4.36. The summed E-state index contributed by atoms with van der Waals surface area (Å²) in [7, 11) is 0. The molecule has 1 atom stereocenters. The van der Waals surface area contributed by atoms with E-state index in [2.05, 4.69) is 4.98 Å². The van der Waals surface area contributed by atoms with Crippen LogP contribution in [0.15, 0.2) is 28.7 Å². The topological polar surface area (TPSA) is 58.9 Å². The van der Waals surface area contributed by atoms with Gasteiger partial charge in [-0.2, -0.15) is 0 Å². The molecular formula is C10H9ClN2OS. The summed E-state index contributed by atoms with van der Waals surface area (Å²) in [5, 5.41) is 2.09. The van der Waals surface area contributed by atoms with Gasteiger partial charge in [0.2, 0.25) is 5.91 Å². The van der Waals surface area contributed by atoms with Crippen molar-refractivity contribution in [2.24, 2.45) is 5.73 Å². The summed E-state index contributed by atoms with van der Waals surface area (Å²) in [6.45, 7) is 0. The maximum absolute atomic E-state index is 11.1. The van der Waals surface area contributed by atoms with Crippen LogP contribution in [0.1, 0.15) is 16.6 Å². The van der Waals surface area contributed by atoms with Gasteiger partial charge in [0.1, 0.15) is 0 Å². The quantitative estimate of drug-likeness (QED) is 0.789. The lowest BCUT2D eigenvalue weighted by Gasteiger charge is -2.14. The Morgan fingerprint density at radius 1 is 1.47 bits per heavy atom. The molecule has 3 heterocycles. The smallest absolute Gasteiger partial charge is 0.249 e. The van der Waals surface area contributed by atoms with Crippen molar-refractivity contribution >= 4 is 36.2 Å². The average Bonchev–Trinajstić information content (AvgIpc) is 2.71. The summed E-state index contributed by atoms with van der Waals surface area (Å²) in [6.07, 6.45) is 1.99. The van der Waals surface area contributed by atoms with Gasteiger partial charge in [-0.25, -0.2) is 0 Å². The van der Waals surface area contributed by atoms with Gasteiger partial charge in [0, 0.05) is 11.4 Å². The first-order valence-corrected chi connectivity index (χ1v) is 5.26. The highest BCUT2D eigenvalue weighted by Crippen LogP contribution is 2.48. The lowest BCUT2D eigenvalue weighted by molar-refractivity contribution is -0.114. The molecule has 1 aromatic heterocycles. The standard InChI is InChI=1S/C10H8N2OS.ClH/c11-10(13)7-4-14-9-6(7)3-5-1-2-8(9)12-5;/h1-4,9,12H,(H2,11,13);1H. The van der Waals surface area contributed by atoms with Gasteiger partial charge >= 0.3 is 0 Å². The Kier molecular flexibility index (Phi) is 2.40. The summed E-state index contributed by atoms with van der Waals surface area (Å²) in [5.41, 5.74) is 9.18. The fraction of sp³-hybridized carbons (Fsp3) is 0.100. The van der Waals surface area contributed by atoms with Crippen LogP contribution in [0.4, 0.5) is 0 Å². The minimum absolute atomic E-state index is 0. The van der Waals surface area contributed by atoms with Crippen molar-refractivity contribution in [3.8, 4) is 0 Å². The summed E-state index contributed by atoms with van der Waals surface area (Å²) in [5.74, 6) is -0.339. The van der Waals surface area contributed by atoms with E-state index < -0.39 is 0 Å². The number of primary amides is 1. The van der Waals surface area contributed by atoms with E-state index in [-0.39, 0.29) is 23.6 Å². The number of fused-ring (bicyclic) bond motifs is 4. The zero-order valence-corrected chi connectivity index (χ0v) is 9.32. The van der Waals surface area contributed by atoms with Crippen LogP contribution in [-0.2, 0) is 4.79 Å². The summed E-state index contributed by atoms with van der Waals surface area (Å²) in [6, 6.07) is 4.06. The molecule has 78 valence electrons. The molecule has 0 radical (unpaired) electrons. The summed E-state index contributed by atoms with van der Waals surface area (Å²) < 4.78 is 0. The molecule has 0 fully saturated rings. The number of aromatic amines is 1. The van der Waals surface area contributed by atoms with Crippen molar-refractivity contribution in [3.63, 3.8) is 0 Å². The normalized spacial score (nSPS) is 21.2. The molecule has 0 aromatic carbocycles. The van der Waals surface area contributed by atoms with Crippen LogP contribution in [0.3, 0.4) is 0 Å². The first-order chi connectivity index (χ1) is 6.75. The first kappa shape index (κ1) is 10.4. The summed E-state index contributed by atoms with van der Waals surface area (Å²) in [4.78, 5) is 14.4. The van der Waals surface area contributed by atoms with Gasteiger partial charge < -0.3 is 10.7 Å². The average molecular weight is 241 g/mol. The predicted octanol–water partition coefficient (Wildman–Crippen LogP) is 1.99. The number of amides is 1. The molecule has 5 heteroatoms. The molecule has 3 rings (SSSR count). The lowest BCUT2D eigenvalue weighted by atomic mass is 10.0. The largest absolute Gasteiger partial charge is 0.366 e. The van der Waals surface area contributed by atoms with E-state index in [0.29, 0.717) is 5.57 Å². The number of thioether (sulfide) groups is 1. The molecule has 1 unspecified atom stereocenters. The highest BCUT2D eigenvalue weighted by Gasteiger charge is 2.31. The van der Waals surface area contributed by atoms with Gasteiger partial charge in [0.05, 0.1) is 10.8 Å². The Hall–Kier alpha value is -1.13. The molecular weight excluding hydrogens is 232 g/mol. The molecule has 15 heavy (non-hydrogen) atoms. The number of nitrogens with two attached hydrogens (primary N) is 1. The summed E-state index contributed by atoms with van der Waals surface area (Å²) >= 11 is 1.63. The Labute approximate surface area is 97.2 Å². The van der Waals surface area contributed by atoms with E-state index in [0.717, 1.165) is 17.0 Å². The molecule has 1 aromatic rings. The number of halogens is 1. The monoisotopic (exact) mass is 240 g/mol. The number of carbonyl (C=O) groups is 1. The van der Waals surface area contributed by atoms with Crippen molar-refractivity contribution in [2.45, 2.75) is 5.25 Å². The van der Waals surface area contributed by atoms with E-state index in [4.69, 9.17) is 5.73 Å². The zero-order valence-electron chi connectivity index (χ0n) is 7.69. The van der Waals surface area contributed by atoms with Crippen molar-refractivity contribution < 1.29 is 4.79 Å². The second kappa shape index (κ2) is 3.47. The van der Waals surface area contributed by atoms with E-state index in [1.54, 1.807) is 11.8 Å². The van der Waals surface area contributed by atoms with Gasteiger partial charge in [0.15, 0.2) is 0 Å². The molecule has 2 bridgehead atoms. The molecule has 0 saturated carbocycles. The Morgan fingerprint density at radius 3 is 3.00 bits per heavy atom. The van der Waals surface area contributed by atoms with Crippen LogP contribution in [0.2, 0.25) is 0 Å². The van der Waals surface area contributed by atoms with Gasteiger partial charge in [-0.15, -0.1) is 24.2 Å². The van der Waals surface area contributed by atoms with Crippen LogP contribution in [-0.4, -0.2) is 10.9 Å². The van der Waals surface area contributed by atoms with Crippen LogP contribution in [0.5, 0.6) is 0 Å². The van der Waals surface area contributed by atoms with E-state index in [1.807, 2.05) is 23.6 Å². The van der Waals surface area contributed by atoms with E-state index in [9.17, 15) is 4.79 Å². The van der Waals surface area contributed by atoms with Crippen molar-refractivity contribution in [1.29, 1.82) is 0 Å². The number of hydrogen-bond donors (Lipinski definition) is 2. The molecule has 0 saturated heterocycles. The Balaban J connectivity index is 0.000000853. The zero-order chi connectivity index (χ0) is 9.71. The molecule has 2 aliphatic heterocycles. The third-order valence-electron chi connectivity index (χ3n) is 2.51. The number of aromatic nitrogens is 1. The van der Waals surface area contributed by atoms with Crippen LogP contribution in [0, 0.1) is 0 Å². The second-order valence-electron chi connectivity index (χ2n) is 3.38. The van der Waals surface area contributed by atoms with Crippen molar-refractivity contribution in [1.82, 2.24) is 4.98 Å². The van der Waals surface area contributed by atoms with E-state index in [1.165, 1.54) is 0 Å². The fourth-order valence-corrected chi connectivity index (χ4v) is 3.00. The minimum atomic E-state index is -0.339. The number of carbonyl (C=O) groups excluding carboxylic acids is 1. The highest BCUT2D eigenvalue weighted by molar-refractivity contribution is 8.03. The van der Waals surface area contributed by atoms with Crippen molar-refractivity contribution in [3.05, 3.63) is 40.1 Å². The molecule has 0 spiro atoms. The van der Waals surface area contributed by atoms with Crippen LogP contribution in [0.25, 0.3) is 6.08 Å². The number of H-pyrrole nitrogens is 1. The van der Waals surface area contributed by atoms with Gasteiger partial charge in [0.25, 0.3) is 0 Å². The van der Waals surface area contributed by atoms with Crippen LogP contribution < -0.4 is 5.73 Å². The van der Waals surface area contributed by atoms with Crippen molar-refractivity contribution in [2.75, 3.05) is 0 Å². The lowest BCUT2D eigenvalue weighted by Crippen LogP contribution is -2.15. The number of nitrogens with one attached hydrogen (secondary N) is 1. The Morgan fingerprint density at radius 2 is 2.27 bits per heavy atom. The fourth-order valence-electron chi connectivity index (χ4n) is 1.85.